The van der Waals surface area contributed by atoms with Crippen LogP contribution in [-0.4, -0.2) is 36.1 Å². The van der Waals surface area contributed by atoms with Crippen molar-refractivity contribution in [1.29, 1.82) is 0 Å². The highest BCUT2D eigenvalue weighted by Gasteiger charge is 2.21. The molecule has 0 radical (unpaired) electrons. The Labute approximate surface area is 120 Å². The second kappa shape index (κ2) is 5.73. The summed E-state index contributed by atoms with van der Waals surface area (Å²) in [6.07, 6.45) is 1.14. The van der Waals surface area contributed by atoms with Crippen LogP contribution >= 0.6 is 43.2 Å². The number of thiophene rings is 1. The van der Waals surface area contributed by atoms with Gasteiger partial charge in [0, 0.05) is 31.5 Å². The number of hydrogen-bond donors (Lipinski definition) is 0. The highest BCUT2D eigenvalue weighted by Crippen LogP contribution is 2.32. The van der Waals surface area contributed by atoms with Crippen LogP contribution in [0.25, 0.3) is 0 Å². The van der Waals surface area contributed by atoms with Gasteiger partial charge in [-0.25, -0.2) is 0 Å². The molecule has 1 aromatic rings. The van der Waals surface area contributed by atoms with Gasteiger partial charge in [-0.1, -0.05) is 0 Å². The summed E-state index contributed by atoms with van der Waals surface area (Å²) in [5.74, 6) is 0.404. The van der Waals surface area contributed by atoms with Gasteiger partial charge >= 0.3 is 0 Å². The molecule has 0 atom stereocenters. The number of hydrogen-bond acceptors (Lipinski definition) is 4. The van der Waals surface area contributed by atoms with Gasteiger partial charge in [0.05, 0.1) is 14.1 Å². The van der Waals surface area contributed by atoms with Crippen LogP contribution in [0.4, 0.5) is 0 Å². The SMILES string of the molecule is O=C1CCN(CC(=O)c2cc(Br)sc2Br)CC1. The molecule has 0 amide bonds. The van der Waals surface area contributed by atoms with Gasteiger partial charge in [0.25, 0.3) is 0 Å². The van der Waals surface area contributed by atoms with Crippen LogP contribution in [-0.2, 0) is 4.79 Å². The average Bonchev–Trinajstić information content (AvgIpc) is 2.61. The van der Waals surface area contributed by atoms with Crippen molar-refractivity contribution < 1.29 is 9.59 Å². The maximum Gasteiger partial charge on any atom is 0.178 e. The normalized spacial score (nSPS) is 17.4. The maximum atomic E-state index is 12.1. The van der Waals surface area contributed by atoms with Crippen LogP contribution in [0.2, 0.25) is 0 Å². The Bertz CT molecular complexity index is 448. The molecule has 3 nitrogen and oxygen atoms in total. The molecule has 0 bridgehead atoms. The zero-order chi connectivity index (χ0) is 12.4. The molecule has 2 rings (SSSR count). The van der Waals surface area contributed by atoms with Crippen molar-refractivity contribution in [2.24, 2.45) is 0 Å². The molecule has 0 unspecified atom stereocenters. The van der Waals surface area contributed by atoms with Crippen LogP contribution in [0.1, 0.15) is 23.2 Å². The molecule has 92 valence electrons. The predicted molar refractivity (Wildman–Crippen MR) is 74.7 cm³/mol. The Morgan fingerprint density at radius 2 is 2.00 bits per heavy atom. The summed E-state index contributed by atoms with van der Waals surface area (Å²) in [7, 11) is 0. The van der Waals surface area contributed by atoms with Crippen LogP contribution in [0.3, 0.4) is 0 Å². The van der Waals surface area contributed by atoms with E-state index in [4.69, 9.17) is 0 Å². The number of Topliss-reactive ketones (excluding diaryl/α,β-unsaturated/α-hetero) is 2. The summed E-state index contributed by atoms with van der Waals surface area (Å²) in [6, 6.07) is 1.84. The number of carbonyl (C=O) groups excluding carboxylic acids is 2. The molecule has 0 aromatic carbocycles. The van der Waals surface area contributed by atoms with Crippen molar-refractivity contribution in [3.8, 4) is 0 Å². The number of ketones is 2. The number of likely N-dealkylation sites (tertiary alicyclic amines) is 1. The van der Waals surface area contributed by atoms with Gasteiger partial charge in [0.1, 0.15) is 5.78 Å². The van der Waals surface area contributed by atoms with Crippen LogP contribution in [0.5, 0.6) is 0 Å². The smallest absolute Gasteiger partial charge is 0.178 e. The molecule has 2 heterocycles. The maximum absolute atomic E-state index is 12.1. The largest absolute Gasteiger partial charge is 0.300 e. The summed E-state index contributed by atoms with van der Waals surface area (Å²) in [6.45, 7) is 1.80. The highest BCUT2D eigenvalue weighted by atomic mass is 79.9. The first-order valence-electron chi connectivity index (χ1n) is 5.28. The first-order chi connectivity index (χ1) is 8.06. The van der Waals surface area contributed by atoms with Crippen LogP contribution < -0.4 is 0 Å². The van der Waals surface area contributed by atoms with E-state index in [9.17, 15) is 9.59 Å². The van der Waals surface area contributed by atoms with Gasteiger partial charge in [0.2, 0.25) is 0 Å². The molecular formula is C11H11Br2NO2S. The molecule has 0 saturated carbocycles. The Morgan fingerprint density at radius 3 is 2.53 bits per heavy atom. The predicted octanol–water partition coefficient (Wildman–Crippen LogP) is 3.12. The highest BCUT2D eigenvalue weighted by molar-refractivity contribution is 9.12. The van der Waals surface area contributed by atoms with Gasteiger partial charge in [-0.3, -0.25) is 14.5 Å². The molecule has 6 heteroatoms. The van der Waals surface area contributed by atoms with E-state index in [-0.39, 0.29) is 5.78 Å². The van der Waals surface area contributed by atoms with E-state index in [0.717, 1.165) is 13.1 Å². The lowest BCUT2D eigenvalue weighted by molar-refractivity contribution is -0.121. The van der Waals surface area contributed by atoms with E-state index in [1.807, 2.05) is 11.0 Å². The third-order valence-electron chi connectivity index (χ3n) is 2.74. The Kier molecular flexibility index (Phi) is 4.52. The molecular weight excluding hydrogens is 370 g/mol. The van der Waals surface area contributed by atoms with E-state index < -0.39 is 0 Å². The van der Waals surface area contributed by atoms with Gasteiger partial charge in [-0.2, -0.15) is 0 Å². The molecule has 0 spiro atoms. The van der Waals surface area contributed by atoms with E-state index in [0.29, 0.717) is 38.3 Å². The monoisotopic (exact) mass is 379 g/mol. The molecule has 1 saturated heterocycles. The lowest BCUT2D eigenvalue weighted by Gasteiger charge is -2.24. The molecule has 0 aliphatic carbocycles. The third-order valence-corrected chi connectivity index (χ3v) is 5.08. The Balaban J connectivity index is 1.97. The van der Waals surface area contributed by atoms with E-state index in [1.54, 1.807) is 0 Å². The van der Waals surface area contributed by atoms with Gasteiger partial charge in [0.15, 0.2) is 5.78 Å². The Hall–Kier alpha value is -0.0400. The van der Waals surface area contributed by atoms with Gasteiger partial charge in [-0.15, -0.1) is 11.3 Å². The van der Waals surface area contributed by atoms with Crippen molar-refractivity contribution in [3.63, 3.8) is 0 Å². The third kappa shape index (κ3) is 3.47. The van der Waals surface area contributed by atoms with Crippen LogP contribution in [0.15, 0.2) is 13.6 Å². The first-order valence-corrected chi connectivity index (χ1v) is 7.68. The lowest BCUT2D eigenvalue weighted by atomic mass is 10.1. The quantitative estimate of drug-likeness (QED) is 0.756. The number of nitrogens with zero attached hydrogens (tertiary/aromatic N) is 1. The van der Waals surface area contributed by atoms with Crippen molar-refractivity contribution in [2.45, 2.75) is 12.8 Å². The zero-order valence-corrected chi connectivity index (χ0v) is 13.0. The van der Waals surface area contributed by atoms with E-state index >= 15 is 0 Å². The number of halogens is 2. The fourth-order valence-electron chi connectivity index (χ4n) is 1.78. The summed E-state index contributed by atoms with van der Waals surface area (Å²) in [4.78, 5) is 25.2. The molecule has 17 heavy (non-hydrogen) atoms. The molecule has 1 aliphatic rings. The summed E-state index contributed by atoms with van der Waals surface area (Å²) < 4.78 is 1.81. The average molecular weight is 381 g/mol. The molecule has 1 fully saturated rings. The summed E-state index contributed by atoms with van der Waals surface area (Å²) >= 11 is 8.25. The minimum absolute atomic E-state index is 0.105. The summed E-state index contributed by atoms with van der Waals surface area (Å²) in [5, 5.41) is 0. The topological polar surface area (TPSA) is 37.4 Å². The van der Waals surface area contributed by atoms with E-state index in [2.05, 4.69) is 31.9 Å². The van der Waals surface area contributed by atoms with E-state index in [1.165, 1.54) is 11.3 Å². The minimum atomic E-state index is 0.105. The van der Waals surface area contributed by atoms with Crippen molar-refractivity contribution in [1.82, 2.24) is 4.90 Å². The van der Waals surface area contributed by atoms with Crippen molar-refractivity contribution in [3.05, 3.63) is 19.2 Å². The summed E-state index contributed by atoms with van der Waals surface area (Å²) in [5.41, 5.74) is 0.721. The van der Waals surface area contributed by atoms with Gasteiger partial charge < -0.3 is 0 Å². The fourth-order valence-corrected chi connectivity index (χ4v) is 4.63. The van der Waals surface area contributed by atoms with Crippen LogP contribution in [0, 0.1) is 0 Å². The molecule has 1 aromatic heterocycles. The fraction of sp³-hybridized carbons (Fsp3) is 0.455. The first kappa shape index (κ1) is 13.4. The minimum Gasteiger partial charge on any atom is -0.300 e. The lowest BCUT2D eigenvalue weighted by Crippen LogP contribution is -2.37. The second-order valence-electron chi connectivity index (χ2n) is 3.98. The Morgan fingerprint density at radius 1 is 1.35 bits per heavy atom. The zero-order valence-electron chi connectivity index (χ0n) is 9.04. The number of carbonyl (C=O) groups is 2. The standard InChI is InChI=1S/C11H11Br2NO2S/c12-10-5-8(11(13)17-10)9(16)6-14-3-1-7(15)2-4-14/h5H,1-4,6H2. The number of piperidine rings is 1. The second-order valence-corrected chi connectivity index (χ2v) is 7.73. The molecule has 0 N–H and O–H groups in total. The van der Waals surface area contributed by atoms with Gasteiger partial charge in [-0.05, 0) is 37.9 Å². The van der Waals surface area contributed by atoms with Crippen molar-refractivity contribution in [2.75, 3.05) is 19.6 Å². The number of rotatable bonds is 3. The van der Waals surface area contributed by atoms with Crippen molar-refractivity contribution >= 4 is 54.8 Å². The molecule has 1 aliphatic heterocycles.